The Hall–Kier alpha value is -2.11. The molecule has 0 radical (unpaired) electrons. The second kappa shape index (κ2) is 5.71. The van der Waals surface area contributed by atoms with Crippen LogP contribution < -0.4 is 9.64 Å². The van der Waals surface area contributed by atoms with Crippen molar-refractivity contribution in [3.63, 3.8) is 0 Å². The highest BCUT2D eigenvalue weighted by Crippen LogP contribution is 2.36. The zero-order chi connectivity index (χ0) is 14.8. The lowest BCUT2D eigenvalue weighted by Crippen LogP contribution is -2.24. The minimum absolute atomic E-state index is 0.336. The summed E-state index contributed by atoms with van der Waals surface area (Å²) in [4.78, 5) is 10.9. The molecule has 0 spiro atoms. The third-order valence-corrected chi connectivity index (χ3v) is 4.10. The van der Waals surface area contributed by atoms with E-state index in [0.717, 1.165) is 25.2 Å². The van der Waals surface area contributed by atoms with Crippen LogP contribution in [0.5, 0.6) is 5.88 Å². The summed E-state index contributed by atoms with van der Waals surface area (Å²) in [5.41, 5.74) is 2.50. The maximum atomic E-state index is 5.48. The van der Waals surface area contributed by atoms with Gasteiger partial charge in [-0.3, -0.25) is 4.68 Å². The van der Waals surface area contributed by atoms with Crippen LogP contribution in [0.25, 0.3) is 0 Å². The molecule has 0 saturated carbocycles. The highest BCUT2D eigenvalue weighted by Gasteiger charge is 2.29. The quantitative estimate of drug-likeness (QED) is 0.863. The van der Waals surface area contributed by atoms with Gasteiger partial charge in [-0.15, -0.1) is 0 Å². The SMILES string of the molecule is CCOc1cc(N2CCCC2c2cnn(C)c2C)ncn1. The average Bonchev–Trinajstić information content (AvgIpc) is 3.08. The number of anilines is 1. The van der Waals surface area contributed by atoms with Gasteiger partial charge in [0, 0.05) is 30.9 Å². The summed E-state index contributed by atoms with van der Waals surface area (Å²) in [5, 5.41) is 4.37. The first-order valence-corrected chi connectivity index (χ1v) is 7.40. The van der Waals surface area contributed by atoms with Gasteiger partial charge in [-0.1, -0.05) is 0 Å². The van der Waals surface area contributed by atoms with Crippen LogP contribution in [0.15, 0.2) is 18.6 Å². The van der Waals surface area contributed by atoms with Gasteiger partial charge in [-0.25, -0.2) is 9.97 Å². The van der Waals surface area contributed by atoms with E-state index in [1.54, 1.807) is 6.33 Å². The van der Waals surface area contributed by atoms with Crippen LogP contribution in [0.1, 0.15) is 37.1 Å². The Labute approximate surface area is 124 Å². The first-order chi connectivity index (χ1) is 10.2. The summed E-state index contributed by atoms with van der Waals surface area (Å²) < 4.78 is 7.41. The highest BCUT2D eigenvalue weighted by molar-refractivity contribution is 5.46. The van der Waals surface area contributed by atoms with Crippen molar-refractivity contribution in [1.29, 1.82) is 0 Å². The van der Waals surface area contributed by atoms with Crippen LogP contribution in [0.4, 0.5) is 5.82 Å². The second-order valence-corrected chi connectivity index (χ2v) is 5.31. The fourth-order valence-electron chi connectivity index (χ4n) is 2.92. The van der Waals surface area contributed by atoms with Crippen molar-refractivity contribution < 1.29 is 4.74 Å². The Bertz CT molecular complexity index is 624. The van der Waals surface area contributed by atoms with Crippen LogP contribution in [0.3, 0.4) is 0 Å². The Balaban J connectivity index is 1.90. The van der Waals surface area contributed by atoms with Crippen molar-refractivity contribution in [2.75, 3.05) is 18.1 Å². The van der Waals surface area contributed by atoms with Crippen molar-refractivity contribution in [2.24, 2.45) is 7.05 Å². The van der Waals surface area contributed by atoms with Gasteiger partial charge in [-0.05, 0) is 26.7 Å². The van der Waals surface area contributed by atoms with Gasteiger partial charge in [0.2, 0.25) is 5.88 Å². The van der Waals surface area contributed by atoms with Crippen molar-refractivity contribution >= 4 is 5.82 Å². The van der Waals surface area contributed by atoms with Crippen molar-refractivity contribution in [1.82, 2.24) is 19.7 Å². The second-order valence-electron chi connectivity index (χ2n) is 5.31. The molecule has 0 N–H and O–H groups in total. The highest BCUT2D eigenvalue weighted by atomic mass is 16.5. The summed E-state index contributed by atoms with van der Waals surface area (Å²) in [5.74, 6) is 1.57. The minimum Gasteiger partial charge on any atom is -0.478 e. The lowest BCUT2D eigenvalue weighted by Gasteiger charge is -2.25. The molecule has 1 saturated heterocycles. The zero-order valence-electron chi connectivity index (χ0n) is 12.8. The first kappa shape index (κ1) is 13.9. The van der Waals surface area contributed by atoms with Gasteiger partial charge in [0.15, 0.2) is 0 Å². The number of rotatable bonds is 4. The molecule has 1 atom stereocenters. The standard InChI is InChI=1S/C15H21N5O/c1-4-21-15-8-14(16-10-17-15)20-7-5-6-13(20)12-9-18-19(3)11(12)2/h8-10,13H,4-7H2,1-3H3. The van der Waals surface area contributed by atoms with Gasteiger partial charge >= 0.3 is 0 Å². The summed E-state index contributed by atoms with van der Waals surface area (Å²) in [7, 11) is 1.98. The third kappa shape index (κ3) is 2.57. The number of aromatic nitrogens is 4. The van der Waals surface area contributed by atoms with Gasteiger partial charge in [0.05, 0.1) is 18.8 Å². The Morgan fingerprint density at radius 1 is 1.38 bits per heavy atom. The zero-order valence-corrected chi connectivity index (χ0v) is 12.8. The molecule has 2 aromatic heterocycles. The first-order valence-electron chi connectivity index (χ1n) is 7.40. The van der Waals surface area contributed by atoms with Crippen LogP contribution in [0, 0.1) is 6.92 Å². The molecule has 0 aliphatic carbocycles. The fraction of sp³-hybridized carbons (Fsp3) is 0.533. The molecule has 1 aliphatic rings. The maximum Gasteiger partial charge on any atom is 0.218 e. The lowest BCUT2D eigenvalue weighted by molar-refractivity contribution is 0.326. The minimum atomic E-state index is 0.336. The molecule has 6 heteroatoms. The van der Waals surface area contributed by atoms with E-state index in [0.29, 0.717) is 18.5 Å². The molecule has 2 aromatic rings. The summed E-state index contributed by atoms with van der Waals surface area (Å²) in [6.45, 7) is 5.69. The van der Waals surface area contributed by atoms with Gasteiger partial charge < -0.3 is 9.64 Å². The number of nitrogens with zero attached hydrogens (tertiary/aromatic N) is 5. The smallest absolute Gasteiger partial charge is 0.218 e. The molecule has 1 fully saturated rings. The molecular formula is C15H21N5O. The molecule has 0 bridgehead atoms. The topological polar surface area (TPSA) is 56.1 Å². The molecule has 6 nitrogen and oxygen atoms in total. The lowest BCUT2D eigenvalue weighted by atomic mass is 10.1. The van der Waals surface area contributed by atoms with E-state index < -0.39 is 0 Å². The van der Waals surface area contributed by atoms with Crippen molar-refractivity contribution in [3.05, 3.63) is 29.8 Å². The van der Waals surface area contributed by atoms with Crippen molar-refractivity contribution in [3.8, 4) is 5.88 Å². The normalized spacial score (nSPS) is 18.2. The predicted molar refractivity (Wildman–Crippen MR) is 80.5 cm³/mol. The van der Waals surface area contributed by atoms with E-state index >= 15 is 0 Å². The molecule has 0 aromatic carbocycles. The number of hydrogen-bond acceptors (Lipinski definition) is 5. The number of aryl methyl sites for hydroxylation is 1. The Morgan fingerprint density at radius 2 is 2.24 bits per heavy atom. The van der Waals surface area contributed by atoms with Gasteiger partial charge in [0.1, 0.15) is 12.1 Å². The van der Waals surface area contributed by atoms with E-state index in [1.165, 1.54) is 11.3 Å². The molecular weight excluding hydrogens is 266 g/mol. The van der Waals surface area contributed by atoms with E-state index in [-0.39, 0.29) is 0 Å². The summed E-state index contributed by atoms with van der Waals surface area (Å²) in [6, 6.07) is 2.26. The van der Waals surface area contributed by atoms with Crippen LogP contribution >= 0.6 is 0 Å². The van der Waals surface area contributed by atoms with Crippen molar-refractivity contribution in [2.45, 2.75) is 32.7 Å². The van der Waals surface area contributed by atoms with Gasteiger partial charge in [-0.2, -0.15) is 5.10 Å². The molecule has 0 amide bonds. The predicted octanol–water partition coefficient (Wildman–Crippen LogP) is 2.26. The molecule has 3 rings (SSSR count). The van der Waals surface area contributed by atoms with E-state index in [4.69, 9.17) is 4.74 Å². The Morgan fingerprint density at radius 3 is 2.95 bits per heavy atom. The number of ether oxygens (including phenoxy) is 1. The molecule has 1 unspecified atom stereocenters. The molecule has 21 heavy (non-hydrogen) atoms. The third-order valence-electron chi connectivity index (χ3n) is 4.10. The molecule has 3 heterocycles. The average molecular weight is 287 g/mol. The number of hydrogen-bond donors (Lipinski definition) is 0. The van der Waals surface area contributed by atoms with E-state index in [2.05, 4.69) is 26.9 Å². The van der Waals surface area contributed by atoms with E-state index in [9.17, 15) is 0 Å². The van der Waals surface area contributed by atoms with Crippen LogP contribution in [0.2, 0.25) is 0 Å². The monoisotopic (exact) mass is 287 g/mol. The fourth-order valence-corrected chi connectivity index (χ4v) is 2.92. The molecule has 112 valence electrons. The largest absolute Gasteiger partial charge is 0.478 e. The van der Waals surface area contributed by atoms with Crippen LogP contribution in [-0.2, 0) is 7.05 Å². The summed E-state index contributed by atoms with van der Waals surface area (Å²) in [6.07, 6.45) is 5.84. The van der Waals surface area contributed by atoms with E-state index in [1.807, 2.05) is 30.9 Å². The summed E-state index contributed by atoms with van der Waals surface area (Å²) >= 11 is 0. The van der Waals surface area contributed by atoms with Crippen LogP contribution in [-0.4, -0.2) is 32.9 Å². The maximum absolute atomic E-state index is 5.48. The van der Waals surface area contributed by atoms with Gasteiger partial charge in [0.25, 0.3) is 0 Å². The Kier molecular flexibility index (Phi) is 3.77. The molecule has 1 aliphatic heterocycles.